The highest BCUT2D eigenvalue weighted by Crippen LogP contribution is 2.31. The molecule has 1 aromatic carbocycles. The average Bonchev–Trinajstić information content (AvgIpc) is 2.98. The molecule has 20 heavy (non-hydrogen) atoms. The molecular weight excluding hydrogens is 250 g/mol. The summed E-state index contributed by atoms with van der Waals surface area (Å²) in [6, 6.07) is 10.2. The Morgan fingerprint density at radius 2 is 1.85 bits per heavy atom. The SMILES string of the molecule is c1ccc(NCCc2nnc(C3CCCCC3)o2)cc1. The molecule has 0 bridgehead atoms. The number of nitrogens with one attached hydrogen (secondary N) is 1. The van der Waals surface area contributed by atoms with E-state index in [1.165, 1.54) is 32.1 Å². The second kappa shape index (κ2) is 6.55. The zero-order chi connectivity index (χ0) is 13.6. The maximum absolute atomic E-state index is 5.80. The van der Waals surface area contributed by atoms with Crippen LogP contribution in [0.1, 0.15) is 49.8 Å². The molecular formula is C16H21N3O. The van der Waals surface area contributed by atoms with E-state index in [0.717, 1.165) is 30.4 Å². The lowest BCUT2D eigenvalue weighted by molar-refractivity contribution is 0.352. The molecule has 1 saturated carbocycles. The molecule has 4 nitrogen and oxygen atoms in total. The van der Waals surface area contributed by atoms with Gasteiger partial charge in [-0.15, -0.1) is 10.2 Å². The van der Waals surface area contributed by atoms with Crippen LogP contribution >= 0.6 is 0 Å². The highest BCUT2D eigenvalue weighted by Gasteiger charge is 2.20. The summed E-state index contributed by atoms with van der Waals surface area (Å²) >= 11 is 0. The summed E-state index contributed by atoms with van der Waals surface area (Å²) in [4.78, 5) is 0. The van der Waals surface area contributed by atoms with E-state index < -0.39 is 0 Å². The van der Waals surface area contributed by atoms with Gasteiger partial charge in [0.1, 0.15) is 0 Å². The van der Waals surface area contributed by atoms with E-state index in [-0.39, 0.29) is 0 Å². The van der Waals surface area contributed by atoms with Crippen LogP contribution in [-0.4, -0.2) is 16.7 Å². The number of aromatic nitrogens is 2. The predicted molar refractivity (Wildman–Crippen MR) is 78.8 cm³/mol. The summed E-state index contributed by atoms with van der Waals surface area (Å²) in [7, 11) is 0. The minimum atomic E-state index is 0.493. The lowest BCUT2D eigenvalue weighted by atomic mass is 9.89. The lowest BCUT2D eigenvalue weighted by Gasteiger charge is -2.17. The molecule has 2 aromatic rings. The minimum absolute atomic E-state index is 0.493. The number of hydrogen-bond donors (Lipinski definition) is 1. The quantitative estimate of drug-likeness (QED) is 0.899. The second-order valence-corrected chi connectivity index (χ2v) is 5.41. The van der Waals surface area contributed by atoms with Crippen LogP contribution in [0, 0.1) is 0 Å². The molecule has 0 aliphatic heterocycles. The normalized spacial score (nSPS) is 16.2. The molecule has 0 unspecified atom stereocenters. The van der Waals surface area contributed by atoms with E-state index in [0.29, 0.717) is 5.92 Å². The van der Waals surface area contributed by atoms with E-state index in [1.54, 1.807) is 0 Å². The summed E-state index contributed by atoms with van der Waals surface area (Å²) in [5.74, 6) is 2.08. The van der Waals surface area contributed by atoms with Crippen LogP contribution in [-0.2, 0) is 6.42 Å². The molecule has 3 rings (SSSR count). The van der Waals surface area contributed by atoms with Gasteiger partial charge in [-0.3, -0.25) is 0 Å². The van der Waals surface area contributed by atoms with Gasteiger partial charge in [-0.1, -0.05) is 37.5 Å². The van der Waals surface area contributed by atoms with Crippen LogP contribution in [0.3, 0.4) is 0 Å². The van der Waals surface area contributed by atoms with Crippen molar-refractivity contribution in [3.8, 4) is 0 Å². The monoisotopic (exact) mass is 271 g/mol. The summed E-state index contributed by atoms with van der Waals surface area (Å²) in [6.45, 7) is 0.816. The number of nitrogens with zero attached hydrogens (tertiary/aromatic N) is 2. The molecule has 0 saturated heterocycles. The van der Waals surface area contributed by atoms with Crippen molar-refractivity contribution in [1.82, 2.24) is 10.2 Å². The summed E-state index contributed by atoms with van der Waals surface area (Å²) in [5.41, 5.74) is 1.12. The standard InChI is InChI=1S/C16H21N3O/c1-3-7-13(8-4-1)16-19-18-15(20-16)11-12-17-14-9-5-2-6-10-14/h2,5-6,9-10,13,17H,1,3-4,7-8,11-12H2. The van der Waals surface area contributed by atoms with E-state index in [9.17, 15) is 0 Å². The molecule has 0 radical (unpaired) electrons. The molecule has 4 heteroatoms. The average molecular weight is 271 g/mol. The van der Waals surface area contributed by atoms with Gasteiger partial charge in [0.25, 0.3) is 0 Å². The van der Waals surface area contributed by atoms with Crippen LogP contribution < -0.4 is 5.32 Å². The Kier molecular flexibility index (Phi) is 4.31. The Labute approximate surface area is 119 Å². The molecule has 0 amide bonds. The molecule has 1 aliphatic carbocycles. The van der Waals surface area contributed by atoms with Crippen molar-refractivity contribution < 1.29 is 4.42 Å². The van der Waals surface area contributed by atoms with Crippen LogP contribution in [0.4, 0.5) is 5.69 Å². The summed E-state index contributed by atoms with van der Waals surface area (Å²) < 4.78 is 5.80. The molecule has 1 heterocycles. The van der Waals surface area contributed by atoms with Gasteiger partial charge in [-0.25, -0.2) is 0 Å². The third-order valence-corrected chi connectivity index (χ3v) is 3.88. The summed E-state index contributed by atoms with van der Waals surface area (Å²) in [6.07, 6.45) is 7.09. The largest absolute Gasteiger partial charge is 0.425 e. The first-order valence-electron chi connectivity index (χ1n) is 7.53. The van der Waals surface area contributed by atoms with E-state index in [2.05, 4.69) is 27.6 Å². The van der Waals surface area contributed by atoms with Crippen molar-refractivity contribution in [2.75, 3.05) is 11.9 Å². The van der Waals surface area contributed by atoms with Crippen molar-refractivity contribution in [1.29, 1.82) is 0 Å². The number of rotatable bonds is 5. The Morgan fingerprint density at radius 1 is 1.05 bits per heavy atom. The maximum atomic E-state index is 5.80. The van der Waals surface area contributed by atoms with Gasteiger partial charge in [0, 0.05) is 24.6 Å². The zero-order valence-electron chi connectivity index (χ0n) is 11.7. The Morgan fingerprint density at radius 3 is 2.65 bits per heavy atom. The van der Waals surface area contributed by atoms with E-state index >= 15 is 0 Å². The molecule has 106 valence electrons. The van der Waals surface area contributed by atoms with Crippen LogP contribution in [0.5, 0.6) is 0 Å². The topological polar surface area (TPSA) is 51.0 Å². The fraction of sp³-hybridized carbons (Fsp3) is 0.500. The van der Waals surface area contributed by atoms with Gasteiger partial charge in [-0.2, -0.15) is 0 Å². The lowest BCUT2D eigenvalue weighted by Crippen LogP contribution is -2.05. The second-order valence-electron chi connectivity index (χ2n) is 5.41. The number of benzene rings is 1. The summed E-state index contributed by atoms with van der Waals surface area (Å²) in [5, 5.41) is 11.7. The first kappa shape index (κ1) is 13.2. The molecule has 1 aromatic heterocycles. The molecule has 1 aliphatic rings. The number of hydrogen-bond acceptors (Lipinski definition) is 4. The molecule has 0 atom stereocenters. The smallest absolute Gasteiger partial charge is 0.219 e. The van der Waals surface area contributed by atoms with Crippen LogP contribution in [0.15, 0.2) is 34.7 Å². The van der Waals surface area contributed by atoms with E-state index in [1.807, 2.05) is 18.2 Å². The Balaban J connectivity index is 1.50. The van der Waals surface area contributed by atoms with Crippen LogP contribution in [0.25, 0.3) is 0 Å². The van der Waals surface area contributed by atoms with Gasteiger partial charge in [0.15, 0.2) is 0 Å². The zero-order valence-corrected chi connectivity index (χ0v) is 11.7. The third kappa shape index (κ3) is 3.38. The fourth-order valence-corrected chi connectivity index (χ4v) is 2.75. The van der Waals surface area contributed by atoms with Gasteiger partial charge in [-0.05, 0) is 25.0 Å². The van der Waals surface area contributed by atoms with Crippen molar-refractivity contribution in [2.45, 2.75) is 44.4 Å². The third-order valence-electron chi connectivity index (χ3n) is 3.88. The van der Waals surface area contributed by atoms with Gasteiger partial charge in [0.2, 0.25) is 11.8 Å². The first-order valence-corrected chi connectivity index (χ1v) is 7.53. The fourth-order valence-electron chi connectivity index (χ4n) is 2.75. The van der Waals surface area contributed by atoms with Gasteiger partial charge in [0.05, 0.1) is 0 Å². The van der Waals surface area contributed by atoms with E-state index in [4.69, 9.17) is 4.42 Å². The maximum Gasteiger partial charge on any atom is 0.219 e. The molecule has 1 N–H and O–H groups in total. The van der Waals surface area contributed by atoms with Crippen LogP contribution in [0.2, 0.25) is 0 Å². The number of anilines is 1. The predicted octanol–water partition coefficient (Wildman–Crippen LogP) is 3.77. The highest BCUT2D eigenvalue weighted by atomic mass is 16.4. The number of para-hydroxylation sites is 1. The molecule has 1 fully saturated rings. The van der Waals surface area contributed by atoms with Crippen molar-refractivity contribution in [3.63, 3.8) is 0 Å². The van der Waals surface area contributed by atoms with Crippen molar-refractivity contribution in [2.24, 2.45) is 0 Å². The highest BCUT2D eigenvalue weighted by molar-refractivity contribution is 5.42. The Bertz CT molecular complexity index is 518. The van der Waals surface area contributed by atoms with Gasteiger partial charge >= 0.3 is 0 Å². The molecule has 0 spiro atoms. The van der Waals surface area contributed by atoms with Gasteiger partial charge < -0.3 is 9.73 Å². The Hall–Kier alpha value is -1.84. The van der Waals surface area contributed by atoms with Crippen molar-refractivity contribution >= 4 is 5.69 Å². The first-order chi connectivity index (χ1) is 9.92. The van der Waals surface area contributed by atoms with Crippen molar-refractivity contribution in [3.05, 3.63) is 42.1 Å². The minimum Gasteiger partial charge on any atom is -0.425 e.